The van der Waals surface area contributed by atoms with Gasteiger partial charge in [-0.2, -0.15) is 0 Å². The predicted molar refractivity (Wildman–Crippen MR) is 103 cm³/mol. The van der Waals surface area contributed by atoms with Gasteiger partial charge < -0.3 is 10.0 Å². The fourth-order valence-corrected chi connectivity index (χ4v) is 4.69. The van der Waals surface area contributed by atoms with E-state index in [0.717, 1.165) is 24.1 Å². The lowest BCUT2D eigenvalue weighted by atomic mass is 10.0. The van der Waals surface area contributed by atoms with Gasteiger partial charge in [0, 0.05) is 6.54 Å². The Labute approximate surface area is 165 Å². The van der Waals surface area contributed by atoms with Crippen LogP contribution in [0.25, 0.3) is 16.4 Å². The van der Waals surface area contributed by atoms with Gasteiger partial charge in [-0.15, -0.1) is 16.4 Å². The normalized spacial score (nSPS) is 20.1. The summed E-state index contributed by atoms with van der Waals surface area (Å²) in [6, 6.07) is 9.66. The quantitative estimate of drug-likeness (QED) is 0.733. The van der Waals surface area contributed by atoms with E-state index in [0.29, 0.717) is 18.1 Å². The summed E-state index contributed by atoms with van der Waals surface area (Å²) in [5.41, 5.74) is 0.679. The van der Waals surface area contributed by atoms with E-state index < -0.39 is 0 Å². The van der Waals surface area contributed by atoms with Gasteiger partial charge in [0.25, 0.3) is 5.91 Å². The fourth-order valence-electron chi connectivity index (χ4n) is 3.99. The van der Waals surface area contributed by atoms with Crippen molar-refractivity contribution >= 4 is 17.2 Å². The predicted octanol–water partition coefficient (Wildman–Crippen LogP) is 3.12. The highest BCUT2D eigenvalue weighted by Gasteiger charge is 2.53. The van der Waals surface area contributed by atoms with Crippen molar-refractivity contribution in [2.45, 2.75) is 25.3 Å². The molecular weight excluding hydrogens is 379 g/mol. The molecule has 0 bridgehead atoms. The van der Waals surface area contributed by atoms with E-state index in [-0.39, 0.29) is 35.6 Å². The molecule has 6 nitrogen and oxygen atoms in total. The number of likely N-dealkylation sites (tertiary alicyclic amines) is 1. The molecule has 3 heterocycles. The third kappa shape index (κ3) is 2.93. The summed E-state index contributed by atoms with van der Waals surface area (Å²) >= 11 is 1.48. The zero-order valence-electron chi connectivity index (χ0n) is 15.1. The monoisotopic (exact) mass is 398 g/mol. The van der Waals surface area contributed by atoms with Gasteiger partial charge in [0.15, 0.2) is 5.82 Å². The number of amides is 1. The Morgan fingerprint density at radius 2 is 2.18 bits per heavy atom. The number of nitrogens with zero attached hydrogens (tertiary/aromatic N) is 4. The Hall–Kier alpha value is -2.58. The number of halogens is 1. The van der Waals surface area contributed by atoms with Crippen molar-refractivity contribution in [3.8, 4) is 16.4 Å². The van der Waals surface area contributed by atoms with Gasteiger partial charge in [0.05, 0.1) is 23.2 Å². The molecule has 3 aromatic rings. The van der Waals surface area contributed by atoms with Crippen LogP contribution in [0.4, 0.5) is 4.39 Å². The molecule has 1 saturated carbocycles. The molecule has 1 atom stereocenters. The van der Waals surface area contributed by atoms with Crippen LogP contribution in [-0.4, -0.2) is 49.9 Å². The molecule has 1 amide bonds. The lowest BCUT2D eigenvalue weighted by Gasteiger charge is -2.21. The number of aliphatic hydroxyl groups excluding tert-OH is 1. The zero-order chi connectivity index (χ0) is 19.3. The smallest absolute Gasteiger partial charge is 0.293 e. The molecule has 5 rings (SSSR count). The lowest BCUT2D eigenvalue weighted by Crippen LogP contribution is -2.38. The molecule has 1 saturated heterocycles. The average molecular weight is 398 g/mol. The second-order valence-electron chi connectivity index (χ2n) is 7.60. The van der Waals surface area contributed by atoms with E-state index in [9.17, 15) is 14.3 Å². The van der Waals surface area contributed by atoms with Crippen molar-refractivity contribution in [1.82, 2.24) is 19.7 Å². The van der Waals surface area contributed by atoms with Crippen molar-refractivity contribution < 1.29 is 14.3 Å². The molecule has 0 unspecified atom stereocenters. The van der Waals surface area contributed by atoms with Crippen LogP contribution >= 0.6 is 11.3 Å². The highest BCUT2D eigenvalue weighted by Crippen LogP contribution is 2.54. The van der Waals surface area contributed by atoms with Crippen LogP contribution in [0.3, 0.4) is 0 Å². The second kappa shape index (κ2) is 6.49. The largest absolute Gasteiger partial charge is 0.394 e. The molecule has 28 heavy (non-hydrogen) atoms. The Bertz CT molecular complexity index is 1030. The highest BCUT2D eigenvalue weighted by molar-refractivity contribution is 7.13. The minimum atomic E-state index is -0.381. The maximum atomic E-state index is 13.8. The molecule has 2 aromatic heterocycles. The molecule has 1 aromatic carbocycles. The summed E-state index contributed by atoms with van der Waals surface area (Å²) in [4.78, 5) is 20.2. The number of hydrogen-bond acceptors (Lipinski definition) is 5. The summed E-state index contributed by atoms with van der Waals surface area (Å²) in [5.74, 6) is -0.0852. The molecule has 1 spiro atoms. The summed E-state index contributed by atoms with van der Waals surface area (Å²) in [6.07, 6.45) is 3.02. The first-order chi connectivity index (χ1) is 13.6. The minimum absolute atomic E-state index is 0.0596. The SMILES string of the molecule is O=C(c1nc(-c2cccs2)n(-c2cccc(F)c2)n1)N1CC2(CC2)C[C@H]1CO. The summed E-state index contributed by atoms with van der Waals surface area (Å²) in [6.45, 7) is 0.579. The van der Waals surface area contributed by atoms with Gasteiger partial charge in [-0.1, -0.05) is 12.1 Å². The summed E-state index contributed by atoms with van der Waals surface area (Å²) in [5, 5.41) is 16.1. The van der Waals surface area contributed by atoms with Crippen molar-refractivity contribution in [3.05, 3.63) is 53.4 Å². The minimum Gasteiger partial charge on any atom is -0.394 e. The van der Waals surface area contributed by atoms with Gasteiger partial charge in [0.1, 0.15) is 5.82 Å². The molecule has 2 aliphatic rings. The van der Waals surface area contributed by atoms with Crippen molar-refractivity contribution in [1.29, 1.82) is 0 Å². The topological polar surface area (TPSA) is 71.2 Å². The van der Waals surface area contributed by atoms with E-state index in [1.165, 1.54) is 28.2 Å². The highest BCUT2D eigenvalue weighted by atomic mass is 32.1. The second-order valence-corrected chi connectivity index (χ2v) is 8.55. The molecular formula is C20H19FN4O2S. The lowest BCUT2D eigenvalue weighted by molar-refractivity contribution is 0.0662. The Balaban J connectivity index is 1.55. The van der Waals surface area contributed by atoms with E-state index >= 15 is 0 Å². The molecule has 1 aliphatic heterocycles. The molecule has 2 fully saturated rings. The van der Waals surface area contributed by atoms with Gasteiger partial charge in [-0.3, -0.25) is 4.79 Å². The first-order valence-electron chi connectivity index (χ1n) is 9.27. The summed E-state index contributed by atoms with van der Waals surface area (Å²) < 4.78 is 15.3. The molecule has 8 heteroatoms. The Morgan fingerprint density at radius 3 is 2.86 bits per heavy atom. The fraction of sp³-hybridized carbons (Fsp3) is 0.350. The molecule has 144 valence electrons. The van der Waals surface area contributed by atoms with Gasteiger partial charge in [-0.05, 0) is 54.3 Å². The number of benzene rings is 1. The van der Waals surface area contributed by atoms with E-state index in [1.54, 1.807) is 17.0 Å². The van der Waals surface area contributed by atoms with E-state index in [1.807, 2.05) is 17.5 Å². The van der Waals surface area contributed by atoms with Crippen molar-refractivity contribution in [2.75, 3.05) is 13.2 Å². The molecule has 1 aliphatic carbocycles. The number of rotatable bonds is 4. The van der Waals surface area contributed by atoms with Crippen LogP contribution in [0.1, 0.15) is 29.9 Å². The third-order valence-electron chi connectivity index (χ3n) is 5.64. The number of carbonyl (C=O) groups is 1. The molecule has 1 N–H and O–H groups in total. The third-order valence-corrected chi connectivity index (χ3v) is 6.50. The number of hydrogen-bond donors (Lipinski definition) is 1. The van der Waals surface area contributed by atoms with Gasteiger partial charge >= 0.3 is 0 Å². The Morgan fingerprint density at radius 1 is 1.32 bits per heavy atom. The van der Waals surface area contributed by atoms with Crippen LogP contribution < -0.4 is 0 Å². The number of aromatic nitrogens is 3. The number of thiophene rings is 1. The zero-order valence-corrected chi connectivity index (χ0v) is 15.9. The first kappa shape index (κ1) is 17.5. The van der Waals surface area contributed by atoms with E-state index in [4.69, 9.17) is 0 Å². The first-order valence-corrected chi connectivity index (χ1v) is 10.2. The summed E-state index contributed by atoms with van der Waals surface area (Å²) in [7, 11) is 0. The van der Waals surface area contributed by atoms with Gasteiger partial charge in [-0.25, -0.2) is 14.1 Å². The van der Waals surface area contributed by atoms with Crippen LogP contribution in [0, 0.1) is 11.2 Å². The van der Waals surface area contributed by atoms with Crippen LogP contribution in [-0.2, 0) is 0 Å². The van der Waals surface area contributed by atoms with Crippen LogP contribution in [0.15, 0.2) is 41.8 Å². The number of aliphatic hydroxyl groups is 1. The Kier molecular flexibility index (Phi) is 4.06. The van der Waals surface area contributed by atoms with Crippen molar-refractivity contribution in [2.24, 2.45) is 5.41 Å². The van der Waals surface area contributed by atoms with E-state index in [2.05, 4.69) is 10.1 Å². The van der Waals surface area contributed by atoms with Crippen LogP contribution in [0.5, 0.6) is 0 Å². The average Bonchev–Trinajstić information content (AvgIpc) is 3.12. The van der Waals surface area contributed by atoms with Crippen LogP contribution in [0.2, 0.25) is 0 Å². The van der Waals surface area contributed by atoms with Gasteiger partial charge in [0.2, 0.25) is 5.82 Å². The maximum absolute atomic E-state index is 13.8. The standard InChI is InChI=1S/C20H19FN4O2S/c21-13-3-1-4-14(9-13)25-18(16-5-2-8-28-16)22-17(23-25)19(27)24-12-20(6-7-20)10-15(24)11-26/h1-5,8-9,15,26H,6-7,10-12H2/t15-/m0/s1. The maximum Gasteiger partial charge on any atom is 0.293 e. The van der Waals surface area contributed by atoms with Crippen molar-refractivity contribution in [3.63, 3.8) is 0 Å². The molecule has 0 radical (unpaired) electrons. The number of carbonyl (C=O) groups excluding carboxylic acids is 1.